The molecule has 3 rings (SSSR count). The van der Waals surface area contributed by atoms with Gasteiger partial charge in [-0.1, -0.05) is 27.7 Å². The van der Waals surface area contributed by atoms with Gasteiger partial charge in [-0.05, 0) is 49.7 Å². The molecule has 3 aromatic rings. The first-order valence-electron chi connectivity index (χ1n) is 10.7. The fourth-order valence-electron chi connectivity index (χ4n) is 3.69. The van der Waals surface area contributed by atoms with Crippen molar-refractivity contribution < 1.29 is 24.8 Å². The molecule has 0 saturated heterocycles. The Balaban J connectivity index is 2.37. The fraction of sp³-hybridized carbons (Fsp3) is 0.400. The molecule has 0 aliphatic carbocycles. The van der Waals surface area contributed by atoms with Crippen molar-refractivity contribution in [2.24, 2.45) is 11.8 Å². The Morgan fingerprint density at radius 3 is 2.00 bits per heavy atom. The zero-order chi connectivity index (χ0) is 22.9. The molecule has 6 heteroatoms. The molecule has 0 amide bonds. The summed E-state index contributed by atoms with van der Waals surface area (Å²) in [5.74, 6) is 0.0765. The monoisotopic (exact) mass is 426 g/mol. The molecular weight excluding hydrogens is 396 g/mol. The standard InChI is InChI=1S/C25H30O6/c1-13(2)5-8-17-20(28)12-21(29)22-23(30)18(9-6-14(3)4)24(31-25(17)22)16-10-7-15(26)11-19(16)27/h7,10-14,26-29H,5-6,8-9H2,1-4H3. The minimum atomic E-state index is -0.382. The maximum absolute atomic E-state index is 13.5. The van der Waals surface area contributed by atoms with E-state index >= 15 is 0 Å². The SMILES string of the molecule is CC(C)CCc1c(-c2ccc(O)cc2O)oc2c(CCC(C)C)c(O)cc(O)c2c1=O. The van der Waals surface area contributed by atoms with Gasteiger partial charge < -0.3 is 24.8 Å². The van der Waals surface area contributed by atoms with Crippen LogP contribution in [0.1, 0.15) is 51.7 Å². The van der Waals surface area contributed by atoms with Crippen LogP contribution >= 0.6 is 0 Å². The van der Waals surface area contributed by atoms with Crippen molar-refractivity contribution in [3.05, 3.63) is 45.6 Å². The van der Waals surface area contributed by atoms with Gasteiger partial charge in [0.15, 0.2) is 5.43 Å². The fourth-order valence-corrected chi connectivity index (χ4v) is 3.69. The summed E-state index contributed by atoms with van der Waals surface area (Å²) in [7, 11) is 0. The number of rotatable bonds is 7. The van der Waals surface area contributed by atoms with E-state index in [-0.39, 0.29) is 50.7 Å². The van der Waals surface area contributed by atoms with Crippen LogP contribution in [0.2, 0.25) is 0 Å². The van der Waals surface area contributed by atoms with Gasteiger partial charge in [-0.25, -0.2) is 0 Å². The summed E-state index contributed by atoms with van der Waals surface area (Å²) >= 11 is 0. The highest BCUT2D eigenvalue weighted by Crippen LogP contribution is 2.40. The third kappa shape index (κ3) is 4.63. The number of phenolic OH excluding ortho intramolecular Hbond substituents is 4. The Morgan fingerprint density at radius 2 is 1.42 bits per heavy atom. The molecule has 0 aliphatic heterocycles. The number of fused-ring (bicyclic) bond motifs is 1. The molecule has 0 saturated carbocycles. The average molecular weight is 427 g/mol. The highest BCUT2D eigenvalue weighted by atomic mass is 16.3. The lowest BCUT2D eigenvalue weighted by molar-refractivity contribution is 0.443. The van der Waals surface area contributed by atoms with Gasteiger partial charge >= 0.3 is 0 Å². The van der Waals surface area contributed by atoms with Crippen molar-refractivity contribution in [3.63, 3.8) is 0 Å². The first-order valence-corrected chi connectivity index (χ1v) is 10.7. The van der Waals surface area contributed by atoms with Gasteiger partial charge in [0.25, 0.3) is 0 Å². The van der Waals surface area contributed by atoms with E-state index in [4.69, 9.17) is 4.42 Å². The van der Waals surface area contributed by atoms with Crippen LogP contribution < -0.4 is 5.43 Å². The predicted octanol–water partition coefficient (Wildman–Crippen LogP) is 5.46. The Bertz CT molecular complexity index is 1160. The molecular formula is C25H30O6. The van der Waals surface area contributed by atoms with E-state index in [1.807, 2.05) is 13.8 Å². The number of hydrogen-bond acceptors (Lipinski definition) is 6. The molecule has 4 N–H and O–H groups in total. The number of phenols is 4. The maximum Gasteiger partial charge on any atom is 0.200 e. The lowest BCUT2D eigenvalue weighted by atomic mass is 9.94. The summed E-state index contributed by atoms with van der Waals surface area (Å²) in [6.45, 7) is 8.19. The smallest absolute Gasteiger partial charge is 0.200 e. The minimum absolute atomic E-state index is 0.0392. The first-order chi connectivity index (χ1) is 14.6. The Kier molecular flexibility index (Phi) is 6.48. The maximum atomic E-state index is 13.5. The summed E-state index contributed by atoms with van der Waals surface area (Å²) in [4.78, 5) is 13.5. The predicted molar refractivity (Wildman–Crippen MR) is 121 cm³/mol. The molecule has 0 radical (unpaired) electrons. The minimum Gasteiger partial charge on any atom is -0.508 e. The second-order valence-corrected chi connectivity index (χ2v) is 8.90. The molecule has 0 unspecified atom stereocenters. The quantitative estimate of drug-likeness (QED) is 0.399. The number of hydrogen-bond donors (Lipinski definition) is 4. The lowest BCUT2D eigenvalue weighted by Crippen LogP contribution is -2.13. The Morgan fingerprint density at radius 1 is 0.806 bits per heavy atom. The molecule has 6 nitrogen and oxygen atoms in total. The zero-order valence-corrected chi connectivity index (χ0v) is 18.4. The second-order valence-electron chi connectivity index (χ2n) is 8.90. The largest absolute Gasteiger partial charge is 0.508 e. The van der Waals surface area contributed by atoms with Crippen LogP contribution in [0.4, 0.5) is 0 Å². The molecule has 31 heavy (non-hydrogen) atoms. The molecule has 166 valence electrons. The number of benzene rings is 2. The van der Waals surface area contributed by atoms with Crippen molar-refractivity contribution in [2.45, 2.75) is 53.4 Å². The van der Waals surface area contributed by atoms with E-state index in [0.717, 1.165) is 6.42 Å². The van der Waals surface area contributed by atoms with E-state index < -0.39 is 0 Å². The van der Waals surface area contributed by atoms with Crippen molar-refractivity contribution >= 4 is 11.0 Å². The molecule has 0 aliphatic rings. The van der Waals surface area contributed by atoms with Gasteiger partial charge in [-0.3, -0.25) is 4.79 Å². The molecule has 0 fully saturated rings. The summed E-state index contributed by atoms with van der Waals surface area (Å²) in [6.07, 6.45) is 2.33. The topological polar surface area (TPSA) is 111 Å². The van der Waals surface area contributed by atoms with E-state index in [1.165, 1.54) is 24.3 Å². The molecule has 0 bridgehead atoms. The van der Waals surface area contributed by atoms with Crippen LogP contribution in [0.5, 0.6) is 23.0 Å². The number of aryl methyl sites for hydroxylation is 1. The van der Waals surface area contributed by atoms with E-state index in [1.54, 1.807) is 0 Å². The highest BCUT2D eigenvalue weighted by molar-refractivity contribution is 5.90. The zero-order valence-electron chi connectivity index (χ0n) is 18.4. The third-order valence-electron chi connectivity index (χ3n) is 5.49. The second kappa shape index (κ2) is 8.92. The summed E-state index contributed by atoms with van der Waals surface area (Å²) < 4.78 is 6.18. The molecule has 1 heterocycles. The van der Waals surface area contributed by atoms with Crippen molar-refractivity contribution in [3.8, 4) is 34.3 Å². The van der Waals surface area contributed by atoms with Gasteiger partial charge in [-0.2, -0.15) is 0 Å². The summed E-state index contributed by atoms with van der Waals surface area (Å²) in [6, 6.07) is 5.28. The van der Waals surface area contributed by atoms with Gasteiger partial charge in [0, 0.05) is 23.3 Å². The van der Waals surface area contributed by atoms with Crippen LogP contribution in [0.25, 0.3) is 22.3 Å². The van der Waals surface area contributed by atoms with Crippen LogP contribution in [0.15, 0.2) is 33.5 Å². The number of aromatic hydroxyl groups is 4. The van der Waals surface area contributed by atoms with Crippen LogP contribution in [-0.2, 0) is 12.8 Å². The Labute approximate surface area is 181 Å². The van der Waals surface area contributed by atoms with Crippen molar-refractivity contribution in [1.29, 1.82) is 0 Å². The van der Waals surface area contributed by atoms with Gasteiger partial charge in [-0.15, -0.1) is 0 Å². The highest BCUT2D eigenvalue weighted by Gasteiger charge is 2.24. The van der Waals surface area contributed by atoms with Crippen molar-refractivity contribution in [1.82, 2.24) is 0 Å². The van der Waals surface area contributed by atoms with Crippen LogP contribution in [0, 0.1) is 11.8 Å². The normalized spacial score (nSPS) is 11.7. The van der Waals surface area contributed by atoms with Gasteiger partial charge in [0.2, 0.25) is 0 Å². The van der Waals surface area contributed by atoms with Gasteiger partial charge in [0.1, 0.15) is 39.7 Å². The summed E-state index contributed by atoms with van der Waals surface area (Å²) in [5.41, 5.74) is 0.811. The first kappa shape index (κ1) is 22.5. The van der Waals surface area contributed by atoms with Crippen LogP contribution in [0.3, 0.4) is 0 Å². The Hall–Kier alpha value is -3.15. The molecule has 1 aromatic heterocycles. The van der Waals surface area contributed by atoms with Gasteiger partial charge in [0.05, 0.1) is 5.56 Å². The third-order valence-corrected chi connectivity index (χ3v) is 5.49. The van der Waals surface area contributed by atoms with E-state index in [0.29, 0.717) is 42.2 Å². The van der Waals surface area contributed by atoms with Crippen molar-refractivity contribution in [2.75, 3.05) is 0 Å². The van der Waals surface area contributed by atoms with E-state index in [2.05, 4.69) is 13.8 Å². The molecule has 0 spiro atoms. The average Bonchev–Trinajstić information content (AvgIpc) is 2.66. The van der Waals surface area contributed by atoms with Crippen LogP contribution in [-0.4, -0.2) is 20.4 Å². The molecule has 0 atom stereocenters. The summed E-state index contributed by atoms with van der Waals surface area (Å²) in [5, 5.41) is 41.1. The molecule has 2 aromatic carbocycles. The van der Waals surface area contributed by atoms with E-state index in [9.17, 15) is 25.2 Å². The lowest BCUT2D eigenvalue weighted by Gasteiger charge is -2.16.